The van der Waals surface area contributed by atoms with Gasteiger partial charge in [0.1, 0.15) is 0 Å². The van der Waals surface area contributed by atoms with Gasteiger partial charge in [-0.15, -0.1) is 0 Å². The molecule has 1 aromatic rings. The molecule has 0 spiro atoms. The fourth-order valence-electron chi connectivity index (χ4n) is 2.40. The van der Waals surface area contributed by atoms with Crippen LogP contribution in [-0.4, -0.2) is 35.1 Å². The van der Waals surface area contributed by atoms with Crippen molar-refractivity contribution in [1.29, 1.82) is 0 Å². The minimum Gasteiger partial charge on any atom is -0.377 e. The minimum absolute atomic E-state index is 0.260. The third-order valence-corrected chi connectivity index (χ3v) is 3.51. The van der Waals surface area contributed by atoms with Crippen LogP contribution in [0.25, 0.3) is 0 Å². The lowest BCUT2D eigenvalue weighted by atomic mass is 10.0. The number of rotatable bonds is 10. The van der Waals surface area contributed by atoms with Crippen molar-refractivity contribution >= 4 is 0 Å². The molecular weight excluding hydrogens is 250 g/mol. The largest absolute Gasteiger partial charge is 0.377 e. The van der Waals surface area contributed by atoms with E-state index in [2.05, 4.69) is 57.3 Å². The van der Waals surface area contributed by atoms with E-state index >= 15 is 0 Å². The number of ether oxygens (including phenoxy) is 1. The van der Waals surface area contributed by atoms with Gasteiger partial charge in [-0.05, 0) is 46.2 Å². The summed E-state index contributed by atoms with van der Waals surface area (Å²) in [6.45, 7) is 12.5. The maximum Gasteiger partial charge on any atom is 0.0729 e. The molecule has 0 aromatic carbocycles. The molecule has 0 aliphatic carbocycles. The lowest BCUT2D eigenvalue weighted by molar-refractivity contribution is 0.0317. The molecule has 116 valence electrons. The van der Waals surface area contributed by atoms with E-state index in [-0.39, 0.29) is 6.10 Å². The summed E-state index contributed by atoms with van der Waals surface area (Å²) in [5.41, 5.74) is 1.14. The summed E-state index contributed by atoms with van der Waals surface area (Å²) in [5, 5.41) is 8.27. The molecule has 2 atom stereocenters. The van der Waals surface area contributed by atoms with E-state index in [1.807, 2.05) is 4.68 Å². The molecule has 0 fully saturated rings. The Morgan fingerprint density at radius 3 is 2.55 bits per heavy atom. The zero-order valence-electron chi connectivity index (χ0n) is 13.7. The van der Waals surface area contributed by atoms with Crippen LogP contribution in [0.15, 0.2) is 12.3 Å². The number of hydrogen-bond donors (Lipinski definition) is 1. The van der Waals surface area contributed by atoms with E-state index in [1.54, 1.807) is 0 Å². The van der Waals surface area contributed by atoms with E-state index in [4.69, 9.17) is 4.74 Å². The van der Waals surface area contributed by atoms with Crippen molar-refractivity contribution in [3.8, 4) is 0 Å². The molecule has 1 heterocycles. The Morgan fingerprint density at radius 2 is 2.05 bits per heavy atom. The van der Waals surface area contributed by atoms with E-state index in [0.29, 0.717) is 12.1 Å². The number of nitrogens with one attached hydrogen (secondary N) is 1. The molecule has 1 rings (SSSR count). The Bertz CT molecular complexity index is 362. The van der Waals surface area contributed by atoms with Crippen LogP contribution in [0, 0.1) is 0 Å². The molecule has 20 heavy (non-hydrogen) atoms. The third-order valence-electron chi connectivity index (χ3n) is 3.51. The Balaban J connectivity index is 2.70. The molecule has 0 amide bonds. The molecule has 0 bridgehead atoms. The van der Waals surface area contributed by atoms with Gasteiger partial charge in [0, 0.05) is 31.3 Å². The van der Waals surface area contributed by atoms with Crippen LogP contribution >= 0.6 is 0 Å². The van der Waals surface area contributed by atoms with Gasteiger partial charge in [0.2, 0.25) is 0 Å². The van der Waals surface area contributed by atoms with Crippen molar-refractivity contribution in [3.05, 3.63) is 18.0 Å². The van der Waals surface area contributed by atoms with Gasteiger partial charge in [0.25, 0.3) is 0 Å². The standard InChI is InChI=1S/C16H31N3O/c1-6-10-17-15(16(7-2)20-8-3)12-14-9-11-19(18-14)13(4)5/h9,11,13,15-17H,6-8,10,12H2,1-5H3. The average Bonchev–Trinajstić information content (AvgIpc) is 2.89. The second kappa shape index (κ2) is 9.14. The van der Waals surface area contributed by atoms with Gasteiger partial charge in [-0.25, -0.2) is 0 Å². The summed E-state index contributed by atoms with van der Waals surface area (Å²) in [6.07, 6.45) is 5.42. The lowest BCUT2D eigenvalue weighted by Gasteiger charge is -2.26. The van der Waals surface area contributed by atoms with Crippen LogP contribution in [0.2, 0.25) is 0 Å². The van der Waals surface area contributed by atoms with Crippen molar-refractivity contribution in [2.75, 3.05) is 13.2 Å². The Labute approximate surface area is 123 Å². The van der Waals surface area contributed by atoms with E-state index < -0.39 is 0 Å². The maximum absolute atomic E-state index is 5.88. The molecule has 4 heteroatoms. The van der Waals surface area contributed by atoms with Crippen LogP contribution in [0.3, 0.4) is 0 Å². The van der Waals surface area contributed by atoms with Crippen LogP contribution in [0.4, 0.5) is 0 Å². The molecule has 0 aliphatic rings. The SMILES string of the molecule is CCCNC(Cc1ccn(C(C)C)n1)C(CC)OCC. The highest BCUT2D eigenvalue weighted by atomic mass is 16.5. The first kappa shape index (κ1) is 17.2. The van der Waals surface area contributed by atoms with Gasteiger partial charge in [0.15, 0.2) is 0 Å². The first-order valence-electron chi connectivity index (χ1n) is 8.01. The van der Waals surface area contributed by atoms with Crippen molar-refractivity contribution in [3.63, 3.8) is 0 Å². The molecule has 0 aliphatic heterocycles. The van der Waals surface area contributed by atoms with Gasteiger partial charge < -0.3 is 10.1 Å². The second-order valence-electron chi connectivity index (χ2n) is 5.55. The third kappa shape index (κ3) is 5.25. The van der Waals surface area contributed by atoms with Gasteiger partial charge in [-0.1, -0.05) is 13.8 Å². The highest BCUT2D eigenvalue weighted by molar-refractivity contribution is 5.03. The maximum atomic E-state index is 5.88. The average molecular weight is 281 g/mol. The summed E-state index contributed by atoms with van der Waals surface area (Å²) >= 11 is 0. The van der Waals surface area contributed by atoms with Crippen LogP contribution in [0.1, 0.15) is 59.2 Å². The van der Waals surface area contributed by atoms with Crippen molar-refractivity contribution in [2.45, 2.75) is 72.1 Å². The van der Waals surface area contributed by atoms with Crippen LogP contribution in [-0.2, 0) is 11.2 Å². The topological polar surface area (TPSA) is 39.1 Å². The number of aromatic nitrogens is 2. The predicted octanol–water partition coefficient (Wildman–Crippen LogP) is 3.19. The normalized spacial score (nSPS) is 14.7. The van der Waals surface area contributed by atoms with Crippen molar-refractivity contribution in [2.24, 2.45) is 0 Å². The summed E-state index contributed by atoms with van der Waals surface area (Å²) in [6, 6.07) is 2.88. The molecule has 4 nitrogen and oxygen atoms in total. The molecular formula is C16H31N3O. The van der Waals surface area contributed by atoms with Gasteiger partial charge in [-0.2, -0.15) is 5.10 Å². The fraction of sp³-hybridized carbons (Fsp3) is 0.812. The van der Waals surface area contributed by atoms with E-state index in [0.717, 1.165) is 38.1 Å². The number of hydrogen-bond acceptors (Lipinski definition) is 3. The van der Waals surface area contributed by atoms with Crippen molar-refractivity contribution in [1.82, 2.24) is 15.1 Å². The summed E-state index contributed by atoms with van der Waals surface area (Å²) < 4.78 is 7.90. The Hall–Kier alpha value is -0.870. The Morgan fingerprint density at radius 1 is 1.30 bits per heavy atom. The predicted molar refractivity (Wildman–Crippen MR) is 84.1 cm³/mol. The molecule has 0 radical (unpaired) electrons. The van der Waals surface area contributed by atoms with E-state index in [1.165, 1.54) is 0 Å². The van der Waals surface area contributed by atoms with E-state index in [9.17, 15) is 0 Å². The molecule has 1 aromatic heterocycles. The zero-order valence-corrected chi connectivity index (χ0v) is 13.7. The second-order valence-corrected chi connectivity index (χ2v) is 5.55. The smallest absolute Gasteiger partial charge is 0.0729 e. The molecule has 1 N–H and O–H groups in total. The molecule has 0 saturated carbocycles. The van der Waals surface area contributed by atoms with Crippen LogP contribution in [0.5, 0.6) is 0 Å². The molecule has 0 saturated heterocycles. The quantitative estimate of drug-likeness (QED) is 0.716. The highest BCUT2D eigenvalue weighted by Crippen LogP contribution is 2.12. The highest BCUT2D eigenvalue weighted by Gasteiger charge is 2.21. The summed E-state index contributed by atoms with van der Waals surface area (Å²) in [7, 11) is 0. The van der Waals surface area contributed by atoms with Crippen molar-refractivity contribution < 1.29 is 4.74 Å². The lowest BCUT2D eigenvalue weighted by Crippen LogP contribution is -2.43. The fourth-order valence-corrected chi connectivity index (χ4v) is 2.40. The minimum atomic E-state index is 0.260. The monoisotopic (exact) mass is 281 g/mol. The first-order chi connectivity index (χ1) is 9.62. The summed E-state index contributed by atoms with van der Waals surface area (Å²) in [5.74, 6) is 0. The van der Waals surface area contributed by atoms with Gasteiger partial charge in [0.05, 0.1) is 11.8 Å². The zero-order chi connectivity index (χ0) is 15.0. The Kier molecular flexibility index (Phi) is 7.85. The molecule has 2 unspecified atom stereocenters. The van der Waals surface area contributed by atoms with Gasteiger partial charge >= 0.3 is 0 Å². The van der Waals surface area contributed by atoms with Gasteiger partial charge in [-0.3, -0.25) is 4.68 Å². The van der Waals surface area contributed by atoms with Crippen LogP contribution < -0.4 is 5.32 Å². The first-order valence-corrected chi connectivity index (χ1v) is 8.01. The number of nitrogens with zero attached hydrogens (tertiary/aromatic N) is 2. The summed E-state index contributed by atoms with van der Waals surface area (Å²) in [4.78, 5) is 0.